The van der Waals surface area contributed by atoms with Gasteiger partial charge in [0.15, 0.2) is 0 Å². The Balaban J connectivity index is 2.06. The number of hydrogen-bond acceptors (Lipinski definition) is 1. The zero-order valence-electron chi connectivity index (χ0n) is 32.8. The first-order valence-electron chi connectivity index (χ1n) is 17.6. The summed E-state index contributed by atoms with van der Waals surface area (Å²) in [5.74, 6) is 0. The average molecular weight is 655 g/mol. The van der Waals surface area contributed by atoms with Crippen LogP contribution in [0, 0.1) is 125 Å². The Kier molecular flexibility index (Phi) is 8.07. The number of fused-ring (bicyclic) bond motifs is 4. The van der Waals surface area contributed by atoms with Gasteiger partial charge in [0, 0.05) is 21.5 Å². The van der Waals surface area contributed by atoms with Gasteiger partial charge in [-0.25, -0.2) is 4.21 Å². The molecule has 6 aromatic carbocycles. The zero-order valence-corrected chi connectivity index (χ0v) is 33.6. The largest absolute Gasteiger partial charge is 0.249 e. The third-order valence-corrected chi connectivity index (χ3v) is 15.1. The van der Waals surface area contributed by atoms with Gasteiger partial charge in [0.25, 0.3) is 0 Å². The fourth-order valence-electron chi connectivity index (χ4n) is 9.23. The van der Waals surface area contributed by atoms with E-state index in [0.717, 1.165) is 9.79 Å². The van der Waals surface area contributed by atoms with Gasteiger partial charge in [0.1, 0.15) is 0 Å². The van der Waals surface area contributed by atoms with Crippen LogP contribution in [0.5, 0.6) is 0 Å². The molecule has 0 saturated carbocycles. The Morgan fingerprint density at radius 1 is 0.208 bits per heavy atom. The quantitative estimate of drug-likeness (QED) is 0.170. The Morgan fingerprint density at radius 3 is 0.521 bits per heavy atom. The molecule has 0 amide bonds. The summed E-state index contributed by atoms with van der Waals surface area (Å²) in [6, 6.07) is 0. The van der Waals surface area contributed by atoms with Crippen LogP contribution in [0.3, 0.4) is 0 Å². The highest BCUT2D eigenvalue weighted by Gasteiger charge is 2.31. The van der Waals surface area contributed by atoms with Gasteiger partial charge in [0.05, 0.1) is 20.6 Å². The summed E-state index contributed by atoms with van der Waals surface area (Å²) in [6.07, 6.45) is 0. The second-order valence-corrected chi connectivity index (χ2v) is 16.5. The van der Waals surface area contributed by atoms with E-state index in [2.05, 4.69) is 125 Å². The molecule has 0 aliphatic heterocycles. The first-order valence-corrected chi connectivity index (χ1v) is 18.7. The van der Waals surface area contributed by atoms with Crippen molar-refractivity contribution in [1.82, 2.24) is 0 Å². The minimum absolute atomic E-state index is 0.995. The van der Waals surface area contributed by atoms with Crippen LogP contribution < -0.4 is 0 Å². The molecule has 6 rings (SSSR count). The van der Waals surface area contributed by atoms with Crippen molar-refractivity contribution in [2.45, 2.75) is 134 Å². The van der Waals surface area contributed by atoms with E-state index in [9.17, 15) is 0 Å². The van der Waals surface area contributed by atoms with Crippen LogP contribution in [-0.2, 0) is 10.8 Å². The van der Waals surface area contributed by atoms with Crippen molar-refractivity contribution in [2.24, 2.45) is 0 Å². The third kappa shape index (κ3) is 4.17. The normalized spacial score (nSPS) is 12.2. The lowest BCUT2D eigenvalue weighted by Crippen LogP contribution is -2.10. The van der Waals surface area contributed by atoms with E-state index in [1.54, 1.807) is 0 Å². The number of rotatable bonds is 2. The van der Waals surface area contributed by atoms with Gasteiger partial charge < -0.3 is 0 Å². The summed E-state index contributed by atoms with van der Waals surface area (Å²) in [7, 11) is -1.50. The molecule has 0 atom stereocenters. The van der Waals surface area contributed by atoms with E-state index in [1.165, 1.54) is 143 Å². The number of benzene rings is 6. The molecule has 0 aromatic heterocycles. The molecule has 0 bridgehead atoms. The van der Waals surface area contributed by atoms with Crippen molar-refractivity contribution >= 4 is 53.9 Å². The standard InChI is InChI=1S/C46H54OS/c1-19-23(5)31(13)41-37(27(19)9)35(17)38-28(10)20(2)24(6)32(14)42(38)45(41)48(47)46-43-33(15)25(7)21(3)29(11)39(43)36(18)40-30(12)22(4)26(8)34(16)44(40)46/h1-18H3. The third-order valence-electron chi connectivity index (χ3n) is 13.5. The van der Waals surface area contributed by atoms with E-state index in [4.69, 9.17) is 0 Å². The number of hydrogen-bond donors (Lipinski definition) is 0. The molecular formula is C46H54OS. The van der Waals surface area contributed by atoms with Gasteiger partial charge in [-0.2, -0.15) is 0 Å². The van der Waals surface area contributed by atoms with Gasteiger partial charge in [-0.1, -0.05) is 0 Å². The van der Waals surface area contributed by atoms with E-state index < -0.39 is 10.8 Å². The summed E-state index contributed by atoms with van der Waals surface area (Å²) in [6.45, 7) is 40.7. The predicted molar refractivity (Wildman–Crippen MR) is 213 cm³/mol. The van der Waals surface area contributed by atoms with Crippen molar-refractivity contribution in [2.75, 3.05) is 0 Å². The van der Waals surface area contributed by atoms with Crippen molar-refractivity contribution in [3.05, 3.63) is 100 Å². The Labute approximate surface area is 291 Å². The Bertz CT molecular complexity index is 2180. The molecule has 250 valence electrons. The first kappa shape index (κ1) is 34.4. The monoisotopic (exact) mass is 654 g/mol. The van der Waals surface area contributed by atoms with Gasteiger partial charge >= 0.3 is 0 Å². The molecule has 0 radical (unpaired) electrons. The Hall–Kier alpha value is -3.49. The van der Waals surface area contributed by atoms with Crippen LogP contribution in [0.1, 0.15) is 100 Å². The maximum Gasteiger partial charge on any atom is 0.0875 e. The second-order valence-electron chi connectivity index (χ2n) is 15.2. The molecule has 0 spiro atoms. The fraction of sp³-hybridized carbons (Fsp3) is 0.391. The lowest BCUT2D eigenvalue weighted by Gasteiger charge is -2.28. The van der Waals surface area contributed by atoms with Gasteiger partial charge in [-0.05, 0) is 246 Å². The average Bonchev–Trinajstić information content (AvgIpc) is 3.05. The molecular weight excluding hydrogens is 601 g/mol. The molecule has 0 aliphatic carbocycles. The highest BCUT2D eigenvalue weighted by Crippen LogP contribution is 2.50. The molecule has 0 fully saturated rings. The smallest absolute Gasteiger partial charge is 0.0875 e. The summed E-state index contributed by atoms with van der Waals surface area (Å²) in [5, 5.41) is 9.84. The van der Waals surface area contributed by atoms with Gasteiger partial charge in [0.2, 0.25) is 0 Å². The molecule has 0 heterocycles. The van der Waals surface area contributed by atoms with Crippen molar-refractivity contribution in [1.29, 1.82) is 0 Å². The maximum atomic E-state index is 16.5. The summed E-state index contributed by atoms with van der Waals surface area (Å²) >= 11 is 0. The SMILES string of the molecule is Cc1c(C)c(C)c2c(S(=O)c3c4c(C)c(C)c(C)c(C)c4c(C)c4c(C)c(C)c(C)c(C)c34)c3c(C)c(C)c(C)c(C)c3c(C)c2c1C. The van der Waals surface area contributed by atoms with E-state index in [-0.39, 0.29) is 0 Å². The summed E-state index contributed by atoms with van der Waals surface area (Å²) in [4.78, 5) is 1.99. The molecule has 0 N–H and O–H groups in total. The second kappa shape index (κ2) is 11.3. The highest BCUT2D eigenvalue weighted by atomic mass is 32.2. The van der Waals surface area contributed by atoms with Gasteiger partial charge in [-0.15, -0.1) is 0 Å². The minimum Gasteiger partial charge on any atom is -0.249 e. The van der Waals surface area contributed by atoms with Crippen LogP contribution in [0.2, 0.25) is 0 Å². The van der Waals surface area contributed by atoms with Gasteiger partial charge in [-0.3, -0.25) is 0 Å². The topological polar surface area (TPSA) is 17.1 Å². The summed E-state index contributed by atoms with van der Waals surface area (Å²) < 4.78 is 16.5. The van der Waals surface area contributed by atoms with Crippen molar-refractivity contribution < 1.29 is 4.21 Å². The van der Waals surface area contributed by atoms with Crippen LogP contribution >= 0.6 is 0 Å². The number of aryl methyl sites for hydroxylation is 10. The fourth-order valence-corrected chi connectivity index (χ4v) is 11.2. The Morgan fingerprint density at radius 2 is 0.354 bits per heavy atom. The minimum atomic E-state index is -1.50. The van der Waals surface area contributed by atoms with E-state index in [0.29, 0.717) is 0 Å². The van der Waals surface area contributed by atoms with Crippen LogP contribution in [0.4, 0.5) is 0 Å². The van der Waals surface area contributed by atoms with E-state index in [1.807, 2.05) is 0 Å². The molecule has 2 heteroatoms. The lowest BCUT2D eigenvalue weighted by atomic mass is 9.82. The lowest BCUT2D eigenvalue weighted by molar-refractivity contribution is 0.685. The molecule has 6 aromatic rings. The molecule has 0 unspecified atom stereocenters. The van der Waals surface area contributed by atoms with Crippen LogP contribution in [0.15, 0.2) is 9.79 Å². The molecule has 0 aliphatic rings. The predicted octanol–water partition coefficient (Wildman–Crippen LogP) is 13.0. The molecule has 0 saturated heterocycles. The van der Waals surface area contributed by atoms with Crippen LogP contribution in [-0.4, -0.2) is 4.21 Å². The zero-order chi connectivity index (χ0) is 35.7. The first-order chi connectivity index (χ1) is 22.3. The molecule has 48 heavy (non-hydrogen) atoms. The van der Waals surface area contributed by atoms with Crippen LogP contribution in [0.25, 0.3) is 43.1 Å². The summed E-state index contributed by atoms with van der Waals surface area (Å²) in [5.41, 5.74) is 23.3. The maximum absolute atomic E-state index is 16.5. The van der Waals surface area contributed by atoms with Crippen molar-refractivity contribution in [3.8, 4) is 0 Å². The molecule has 1 nitrogen and oxygen atoms in total. The highest BCUT2D eigenvalue weighted by molar-refractivity contribution is 7.86. The van der Waals surface area contributed by atoms with Crippen molar-refractivity contribution in [3.63, 3.8) is 0 Å². The van der Waals surface area contributed by atoms with E-state index >= 15 is 4.21 Å².